The summed E-state index contributed by atoms with van der Waals surface area (Å²) >= 11 is 0. The first kappa shape index (κ1) is 19.6. The lowest BCUT2D eigenvalue weighted by Gasteiger charge is -2.26. The Hall–Kier alpha value is -3.15. The van der Waals surface area contributed by atoms with Gasteiger partial charge in [0.1, 0.15) is 11.9 Å². The molecule has 1 atom stereocenters. The molecule has 1 aromatic heterocycles. The number of hydrogen-bond donors (Lipinski definition) is 2. The predicted octanol–water partition coefficient (Wildman–Crippen LogP) is 2.90. The Balaban J connectivity index is 1.65. The van der Waals surface area contributed by atoms with E-state index in [2.05, 4.69) is 15.3 Å². The van der Waals surface area contributed by atoms with Crippen LogP contribution in [-0.2, 0) is 22.6 Å². The maximum absolute atomic E-state index is 13.0. The van der Waals surface area contributed by atoms with Crippen molar-refractivity contribution < 1.29 is 9.59 Å². The second-order valence-corrected chi connectivity index (χ2v) is 7.35. The van der Waals surface area contributed by atoms with Gasteiger partial charge in [0.05, 0.1) is 24.0 Å². The number of fused-ring (bicyclic) bond motifs is 1. The minimum Gasteiger partial charge on any atom is -0.344 e. The van der Waals surface area contributed by atoms with Crippen molar-refractivity contribution in [2.24, 2.45) is 5.92 Å². The largest absolute Gasteiger partial charge is 0.344 e. The zero-order valence-corrected chi connectivity index (χ0v) is 16.5. The molecule has 6 heteroatoms. The molecular weight excluding hydrogens is 352 g/mol. The van der Waals surface area contributed by atoms with Crippen LogP contribution in [0.1, 0.15) is 25.2 Å². The lowest BCUT2D eigenvalue weighted by molar-refractivity contribution is -0.137. The van der Waals surface area contributed by atoms with Crippen LogP contribution in [-0.4, -0.2) is 39.8 Å². The highest BCUT2D eigenvalue weighted by Gasteiger charge is 2.27. The van der Waals surface area contributed by atoms with Gasteiger partial charge in [-0.1, -0.05) is 56.3 Å². The van der Waals surface area contributed by atoms with E-state index in [0.29, 0.717) is 6.54 Å². The standard InChI is InChI=1S/C22H26N4O2/c1-15(2)21(25-20(27)13-16-9-5-4-6-10-16)22(28)26(3)14-19-23-17-11-7-8-12-18(17)24-19/h4-12,15,21H,13-14H2,1-3H3,(H,23,24)(H,25,27). The number of rotatable bonds is 7. The van der Waals surface area contributed by atoms with E-state index in [0.717, 1.165) is 22.4 Å². The zero-order valence-electron chi connectivity index (χ0n) is 16.5. The number of para-hydroxylation sites is 2. The van der Waals surface area contributed by atoms with Gasteiger partial charge >= 0.3 is 0 Å². The van der Waals surface area contributed by atoms with Crippen molar-refractivity contribution >= 4 is 22.8 Å². The van der Waals surface area contributed by atoms with E-state index in [1.807, 2.05) is 68.4 Å². The number of imidazole rings is 1. The molecule has 0 bridgehead atoms. The van der Waals surface area contributed by atoms with Gasteiger partial charge in [-0.2, -0.15) is 0 Å². The van der Waals surface area contributed by atoms with E-state index in [4.69, 9.17) is 0 Å². The van der Waals surface area contributed by atoms with Gasteiger partial charge < -0.3 is 15.2 Å². The van der Waals surface area contributed by atoms with Gasteiger partial charge in [-0.3, -0.25) is 9.59 Å². The number of aromatic amines is 1. The summed E-state index contributed by atoms with van der Waals surface area (Å²) in [5.74, 6) is 0.410. The van der Waals surface area contributed by atoms with Crippen LogP contribution in [0.2, 0.25) is 0 Å². The van der Waals surface area contributed by atoms with Crippen molar-refractivity contribution in [2.45, 2.75) is 32.9 Å². The van der Waals surface area contributed by atoms with Gasteiger partial charge in [-0.25, -0.2) is 4.98 Å². The average molecular weight is 378 g/mol. The third-order valence-corrected chi connectivity index (χ3v) is 4.66. The van der Waals surface area contributed by atoms with Gasteiger partial charge in [0.2, 0.25) is 11.8 Å². The number of aromatic nitrogens is 2. The first-order valence-electron chi connectivity index (χ1n) is 9.46. The summed E-state index contributed by atoms with van der Waals surface area (Å²) in [6.45, 7) is 4.21. The number of carbonyl (C=O) groups is 2. The Labute approximate surface area is 165 Å². The molecule has 0 aliphatic heterocycles. The Morgan fingerprint density at radius 1 is 1.07 bits per heavy atom. The molecule has 0 aliphatic rings. The molecule has 28 heavy (non-hydrogen) atoms. The summed E-state index contributed by atoms with van der Waals surface area (Å²) in [7, 11) is 1.73. The quantitative estimate of drug-likeness (QED) is 0.664. The van der Waals surface area contributed by atoms with Gasteiger partial charge in [-0.05, 0) is 23.6 Å². The highest BCUT2D eigenvalue weighted by Crippen LogP contribution is 2.13. The van der Waals surface area contributed by atoms with E-state index in [1.165, 1.54) is 0 Å². The van der Waals surface area contributed by atoms with Crippen molar-refractivity contribution in [2.75, 3.05) is 7.05 Å². The summed E-state index contributed by atoms with van der Waals surface area (Å²) in [4.78, 5) is 34.7. The fraction of sp³-hybridized carbons (Fsp3) is 0.318. The molecule has 0 fully saturated rings. The highest BCUT2D eigenvalue weighted by molar-refractivity contribution is 5.88. The van der Waals surface area contributed by atoms with Crippen LogP contribution in [0, 0.1) is 5.92 Å². The molecule has 1 unspecified atom stereocenters. The Kier molecular flexibility index (Phi) is 6.09. The summed E-state index contributed by atoms with van der Waals surface area (Å²) < 4.78 is 0. The van der Waals surface area contributed by atoms with E-state index in [9.17, 15) is 9.59 Å². The van der Waals surface area contributed by atoms with Gasteiger partial charge in [0.15, 0.2) is 0 Å². The van der Waals surface area contributed by atoms with E-state index in [1.54, 1.807) is 11.9 Å². The Morgan fingerprint density at radius 2 is 1.75 bits per heavy atom. The number of nitrogens with one attached hydrogen (secondary N) is 2. The first-order chi connectivity index (χ1) is 13.4. The zero-order chi connectivity index (χ0) is 20.1. The molecule has 0 aliphatic carbocycles. The van der Waals surface area contributed by atoms with Crippen LogP contribution in [0.25, 0.3) is 11.0 Å². The minimum atomic E-state index is -0.578. The van der Waals surface area contributed by atoms with Crippen LogP contribution in [0.5, 0.6) is 0 Å². The number of likely N-dealkylation sites (N-methyl/N-ethyl adjacent to an activating group) is 1. The maximum atomic E-state index is 13.0. The van der Waals surface area contributed by atoms with E-state index >= 15 is 0 Å². The average Bonchev–Trinajstić information content (AvgIpc) is 3.08. The number of nitrogens with zero attached hydrogens (tertiary/aromatic N) is 2. The smallest absolute Gasteiger partial charge is 0.245 e. The Bertz CT molecular complexity index is 916. The third-order valence-electron chi connectivity index (χ3n) is 4.66. The van der Waals surface area contributed by atoms with Crippen LogP contribution in [0.15, 0.2) is 54.6 Å². The Morgan fingerprint density at radius 3 is 2.43 bits per heavy atom. The number of carbonyl (C=O) groups excluding carboxylic acids is 2. The molecular formula is C22H26N4O2. The highest BCUT2D eigenvalue weighted by atomic mass is 16.2. The molecule has 146 valence electrons. The number of benzene rings is 2. The van der Waals surface area contributed by atoms with Crippen molar-refractivity contribution in [3.63, 3.8) is 0 Å². The molecule has 3 aromatic rings. The molecule has 2 N–H and O–H groups in total. The van der Waals surface area contributed by atoms with Crippen molar-refractivity contribution in [3.05, 3.63) is 66.0 Å². The lowest BCUT2D eigenvalue weighted by Crippen LogP contribution is -2.50. The molecule has 6 nitrogen and oxygen atoms in total. The van der Waals surface area contributed by atoms with E-state index < -0.39 is 6.04 Å². The molecule has 2 aromatic carbocycles. The SMILES string of the molecule is CC(C)C(NC(=O)Cc1ccccc1)C(=O)N(C)Cc1nc2ccccc2[nH]1. The third kappa shape index (κ3) is 4.76. The van der Waals surface area contributed by atoms with Crippen LogP contribution in [0.3, 0.4) is 0 Å². The second-order valence-electron chi connectivity index (χ2n) is 7.35. The van der Waals surface area contributed by atoms with Crippen LogP contribution < -0.4 is 5.32 Å². The minimum absolute atomic E-state index is 0.0228. The molecule has 3 rings (SSSR count). The summed E-state index contributed by atoms with van der Waals surface area (Å²) in [5.41, 5.74) is 2.73. The fourth-order valence-electron chi connectivity index (χ4n) is 3.14. The molecule has 0 saturated carbocycles. The number of hydrogen-bond acceptors (Lipinski definition) is 3. The molecule has 1 heterocycles. The van der Waals surface area contributed by atoms with Crippen molar-refractivity contribution in [1.29, 1.82) is 0 Å². The second kappa shape index (κ2) is 8.69. The maximum Gasteiger partial charge on any atom is 0.245 e. The molecule has 0 spiro atoms. The molecule has 2 amide bonds. The van der Waals surface area contributed by atoms with Gasteiger partial charge in [0.25, 0.3) is 0 Å². The van der Waals surface area contributed by atoms with Gasteiger partial charge in [0, 0.05) is 7.05 Å². The van der Waals surface area contributed by atoms with E-state index in [-0.39, 0.29) is 24.2 Å². The van der Waals surface area contributed by atoms with Crippen LogP contribution in [0.4, 0.5) is 0 Å². The van der Waals surface area contributed by atoms with Crippen molar-refractivity contribution in [1.82, 2.24) is 20.2 Å². The topological polar surface area (TPSA) is 78.1 Å². The normalized spacial score (nSPS) is 12.1. The summed E-state index contributed by atoms with van der Waals surface area (Å²) in [5, 5.41) is 2.90. The fourth-order valence-corrected chi connectivity index (χ4v) is 3.14. The predicted molar refractivity (Wildman–Crippen MR) is 109 cm³/mol. The monoisotopic (exact) mass is 378 g/mol. The number of amides is 2. The first-order valence-corrected chi connectivity index (χ1v) is 9.46. The van der Waals surface area contributed by atoms with Crippen LogP contribution >= 0.6 is 0 Å². The summed E-state index contributed by atoms with van der Waals surface area (Å²) in [6.07, 6.45) is 0.255. The molecule has 0 saturated heterocycles. The molecule has 0 radical (unpaired) electrons. The van der Waals surface area contributed by atoms with Gasteiger partial charge in [-0.15, -0.1) is 0 Å². The summed E-state index contributed by atoms with van der Waals surface area (Å²) in [6, 6.07) is 16.7. The lowest BCUT2D eigenvalue weighted by atomic mass is 10.0. The van der Waals surface area contributed by atoms with Crippen molar-refractivity contribution in [3.8, 4) is 0 Å². The number of H-pyrrole nitrogens is 1.